The lowest BCUT2D eigenvalue weighted by Gasteiger charge is -2.09. The van der Waals surface area contributed by atoms with Gasteiger partial charge in [0.1, 0.15) is 0 Å². The van der Waals surface area contributed by atoms with E-state index in [4.69, 9.17) is 9.47 Å². The average Bonchev–Trinajstić information content (AvgIpc) is 2.99. The summed E-state index contributed by atoms with van der Waals surface area (Å²) < 4.78 is 10.5. The van der Waals surface area contributed by atoms with Gasteiger partial charge >= 0.3 is 0 Å². The van der Waals surface area contributed by atoms with E-state index in [0.717, 1.165) is 16.5 Å². The smallest absolute Gasteiger partial charge is 0.162 e. The number of aromatic nitrogens is 3. The molecule has 0 aliphatic rings. The second kappa shape index (κ2) is 4.61. The largest absolute Gasteiger partial charge is 0.493 e. The fraction of sp³-hybridized carbons (Fsp3) is 0.143. The molecule has 0 atom stereocenters. The maximum Gasteiger partial charge on any atom is 0.162 e. The van der Waals surface area contributed by atoms with Crippen LogP contribution in [0.4, 0.5) is 0 Å². The molecule has 3 aromatic rings. The molecule has 3 rings (SSSR count). The van der Waals surface area contributed by atoms with Crippen LogP contribution < -0.4 is 9.47 Å². The van der Waals surface area contributed by atoms with E-state index in [-0.39, 0.29) is 0 Å². The van der Waals surface area contributed by atoms with Crippen LogP contribution in [-0.2, 0) is 0 Å². The SMILES string of the molecule is COc1cc2cnc(-c3cc[nH]c3)nc2cc1OC. The minimum atomic E-state index is 0.661. The molecule has 0 spiro atoms. The zero-order valence-electron chi connectivity index (χ0n) is 10.7. The molecule has 0 unspecified atom stereocenters. The van der Waals surface area contributed by atoms with Crippen LogP contribution >= 0.6 is 0 Å². The molecule has 1 aromatic carbocycles. The first-order valence-corrected chi connectivity index (χ1v) is 5.84. The number of aromatic amines is 1. The molecule has 2 heterocycles. The van der Waals surface area contributed by atoms with Gasteiger partial charge in [0.05, 0.1) is 19.7 Å². The van der Waals surface area contributed by atoms with Crippen LogP contribution in [0.15, 0.2) is 36.8 Å². The quantitative estimate of drug-likeness (QED) is 0.781. The summed E-state index contributed by atoms with van der Waals surface area (Å²) in [5.74, 6) is 2.02. The number of nitrogens with zero attached hydrogens (tertiary/aromatic N) is 2. The van der Waals surface area contributed by atoms with Crippen LogP contribution in [0.25, 0.3) is 22.3 Å². The number of fused-ring (bicyclic) bond motifs is 1. The molecule has 0 saturated heterocycles. The first kappa shape index (κ1) is 11.5. The molecule has 0 bridgehead atoms. The number of hydrogen-bond acceptors (Lipinski definition) is 4. The molecular weight excluding hydrogens is 242 g/mol. The van der Waals surface area contributed by atoms with Crippen LogP contribution in [0.3, 0.4) is 0 Å². The zero-order chi connectivity index (χ0) is 13.2. The number of benzene rings is 1. The second-order valence-corrected chi connectivity index (χ2v) is 4.06. The van der Waals surface area contributed by atoms with Gasteiger partial charge in [-0.1, -0.05) is 0 Å². The molecule has 19 heavy (non-hydrogen) atoms. The summed E-state index contributed by atoms with van der Waals surface area (Å²) in [4.78, 5) is 11.9. The molecule has 5 heteroatoms. The molecule has 1 N–H and O–H groups in total. The van der Waals surface area contributed by atoms with Crippen molar-refractivity contribution in [1.82, 2.24) is 15.0 Å². The molecule has 0 amide bonds. The summed E-state index contributed by atoms with van der Waals surface area (Å²) in [6, 6.07) is 5.66. The van der Waals surface area contributed by atoms with E-state index in [1.165, 1.54) is 0 Å². The minimum absolute atomic E-state index is 0.661. The van der Waals surface area contributed by atoms with Crippen LogP contribution in [0, 0.1) is 0 Å². The van der Waals surface area contributed by atoms with E-state index in [9.17, 15) is 0 Å². The Labute approximate surface area is 110 Å². The van der Waals surface area contributed by atoms with Gasteiger partial charge in [0.25, 0.3) is 0 Å². The predicted molar refractivity (Wildman–Crippen MR) is 72.4 cm³/mol. The molecule has 96 valence electrons. The molecule has 5 nitrogen and oxygen atoms in total. The summed E-state index contributed by atoms with van der Waals surface area (Å²) >= 11 is 0. The van der Waals surface area contributed by atoms with Gasteiger partial charge in [0.15, 0.2) is 17.3 Å². The molecule has 0 aliphatic heterocycles. The van der Waals surface area contributed by atoms with Crippen LogP contribution in [0.5, 0.6) is 11.5 Å². The normalized spacial score (nSPS) is 10.6. The number of H-pyrrole nitrogens is 1. The number of methoxy groups -OCH3 is 2. The monoisotopic (exact) mass is 255 g/mol. The van der Waals surface area contributed by atoms with E-state index >= 15 is 0 Å². The Bertz CT molecular complexity index is 708. The number of ether oxygens (including phenoxy) is 2. The Morgan fingerprint density at radius 2 is 1.89 bits per heavy atom. The van der Waals surface area contributed by atoms with Crippen molar-refractivity contribution in [2.24, 2.45) is 0 Å². The Morgan fingerprint density at radius 3 is 2.58 bits per heavy atom. The van der Waals surface area contributed by atoms with Crippen LogP contribution in [0.2, 0.25) is 0 Å². The highest BCUT2D eigenvalue weighted by Gasteiger charge is 2.09. The van der Waals surface area contributed by atoms with Crippen LogP contribution in [-0.4, -0.2) is 29.2 Å². The van der Waals surface area contributed by atoms with Crippen molar-refractivity contribution in [3.63, 3.8) is 0 Å². The average molecular weight is 255 g/mol. The fourth-order valence-corrected chi connectivity index (χ4v) is 1.96. The zero-order valence-corrected chi connectivity index (χ0v) is 10.7. The lowest BCUT2D eigenvalue weighted by Crippen LogP contribution is -1.93. The maximum atomic E-state index is 5.28. The van der Waals surface area contributed by atoms with E-state index in [0.29, 0.717) is 17.3 Å². The second-order valence-electron chi connectivity index (χ2n) is 4.06. The molecule has 0 fully saturated rings. The summed E-state index contributed by atoms with van der Waals surface area (Å²) in [5.41, 5.74) is 1.78. The van der Waals surface area contributed by atoms with E-state index in [1.54, 1.807) is 20.4 Å². The van der Waals surface area contributed by atoms with Crippen molar-refractivity contribution in [1.29, 1.82) is 0 Å². The van der Waals surface area contributed by atoms with Crippen molar-refractivity contribution >= 4 is 10.9 Å². The Balaban J connectivity index is 2.17. The molecule has 0 radical (unpaired) electrons. The lowest BCUT2D eigenvalue weighted by atomic mass is 10.2. The standard InChI is InChI=1S/C14H13N3O2/c1-18-12-5-10-8-16-14(9-3-4-15-7-9)17-11(10)6-13(12)19-2/h3-8,15H,1-2H3. The van der Waals surface area contributed by atoms with Crippen LogP contribution in [0.1, 0.15) is 0 Å². The summed E-state index contributed by atoms with van der Waals surface area (Å²) in [6.07, 6.45) is 5.49. The first-order chi connectivity index (χ1) is 9.31. The van der Waals surface area contributed by atoms with Crippen molar-refractivity contribution in [2.75, 3.05) is 14.2 Å². The Kier molecular flexibility index (Phi) is 2.79. The summed E-state index contributed by atoms with van der Waals surface area (Å²) in [7, 11) is 3.22. The van der Waals surface area contributed by atoms with Gasteiger partial charge in [-0.3, -0.25) is 0 Å². The van der Waals surface area contributed by atoms with Gasteiger partial charge in [-0.05, 0) is 12.1 Å². The molecule has 2 aromatic heterocycles. The predicted octanol–water partition coefficient (Wildman–Crippen LogP) is 2.64. The Morgan fingerprint density at radius 1 is 1.11 bits per heavy atom. The number of hydrogen-bond donors (Lipinski definition) is 1. The number of nitrogens with one attached hydrogen (secondary N) is 1. The molecular formula is C14H13N3O2. The van der Waals surface area contributed by atoms with Crippen molar-refractivity contribution < 1.29 is 9.47 Å². The third kappa shape index (κ3) is 1.99. The topological polar surface area (TPSA) is 60.0 Å². The minimum Gasteiger partial charge on any atom is -0.493 e. The third-order valence-corrected chi connectivity index (χ3v) is 2.94. The van der Waals surface area contributed by atoms with E-state index in [1.807, 2.05) is 30.6 Å². The lowest BCUT2D eigenvalue weighted by molar-refractivity contribution is 0.356. The van der Waals surface area contributed by atoms with Crippen molar-refractivity contribution in [3.05, 3.63) is 36.8 Å². The maximum absolute atomic E-state index is 5.28. The molecule has 0 aliphatic carbocycles. The highest BCUT2D eigenvalue weighted by Crippen LogP contribution is 2.31. The Hall–Kier alpha value is -2.56. The van der Waals surface area contributed by atoms with Gasteiger partial charge < -0.3 is 14.5 Å². The summed E-state index contributed by atoms with van der Waals surface area (Å²) in [6.45, 7) is 0. The number of rotatable bonds is 3. The summed E-state index contributed by atoms with van der Waals surface area (Å²) in [5, 5.41) is 0.914. The van der Waals surface area contributed by atoms with Crippen molar-refractivity contribution in [2.45, 2.75) is 0 Å². The van der Waals surface area contributed by atoms with Gasteiger partial charge in [0.2, 0.25) is 0 Å². The molecule has 0 saturated carbocycles. The van der Waals surface area contributed by atoms with Gasteiger partial charge in [-0.25, -0.2) is 9.97 Å². The highest BCUT2D eigenvalue weighted by molar-refractivity contribution is 5.83. The first-order valence-electron chi connectivity index (χ1n) is 5.84. The van der Waals surface area contributed by atoms with E-state index < -0.39 is 0 Å². The van der Waals surface area contributed by atoms with Gasteiger partial charge in [-0.15, -0.1) is 0 Å². The van der Waals surface area contributed by atoms with Crippen molar-refractivity contribution in [3.8, 4) is 22.9 Å². The van der Waals surface area contributed by atoms with Gasteiger partial charge in [0, 0.05) is 35.6 Å². The van der Waals surface area contributed by atoms with Gasteiger partial charge in [-0.2, -0.15) is 0 Å². The third-order valence-electron chi connectivity index (χ3n) is 2.94. The highest BCUT2D eigenvalue weighted by atomic mass is 16.5. The fourth-order valence-electron chi connectivity index (χ4n) is 1.96. The van der Waals surface area contributed by atoms with E-state index in [2.05, 4.69) is 15.0 Å².